The van der Waals surface area contributed by atoms with E-state index < -0.39 is 0 Å². The zero-order valence-electron chi connectivity index (χ0n) is 11.9. The highest BCUT2D eigenvalue weighted by atomic mass is 19.1. The van der Waals surface area contributed by atoms with E-state index in [9.17, 15) is 4.39 Å². The van der Waals surface area contributed by atoms with E-state index in [-0.39, 0.29) is 5.82 Å². The predicted octanol–water partition coefficient (Wildman–Crippen LogP) is 3.30. The molecule has 0 aliphatic carbocycles. The molecule has 0 radical (unpaired) electrons. The summed E-state index contributed by atoms with van der Waals surface area (Å²) in [6.45, 7) is 3.57. The number of aryl methyl sites for hydroxylation is 1. The van der Waals surface area contributed by atoms with Crippen LogP contribution in [0.5, 0.6) is 0 Å². The number of pyridine rings is 1. The number of fused-ring (bicyclic) bond motifs is 1. The number of ether oxygens (including phenoxy) is 1. The molecule has 0 atom stereocenters. The maximum atomic E-state index is 13.6. The summed E-state index contributed by atoms with van der Waals surface area (Å²) in [7, 11) is 2.08. The lowest BCUT2D eigenvalue weighted by molar-refractivity contribution is 0.0855. The maximum absolute atomic E-state index is 13.6. The van der Waals surface area contributed by atoms with Gasteiger partial charge in [-0.3, -0.25) is 4.98 Å². The minimum Gasteiger partial charge on any atom is -0.381 e. The van der Waals surface area contributed by atoms with Crippen molar-refractivity contribution in [3.8, 4) is 0 Å². The standard InChI is InChI=1S/C16H19FN2O/c1-11-9-16(19(2)13-5-7-20-8-6-13)14-10-12(17)3-4-15(14)18-11/h3-4,9-10,13H,5-8H2,1-2H3. The minimum absolute atomic E-state index is 0.218. The highest BCUT2D eigenvalue weighted by molar-refractivity contribution is 5.92. The van der Waals surface area contributed by atoms with Crippen LogP contribution >= 0.6 is 0 Å². The number of anilines is 1. The molecule has 1 aliphatic rings. The number of nitrogens with zero attached hydrogens (tertiary/aromatic N) is 2. The lowest BCUT2D eigenvalue weighted by atomic mass is 10.0. The molecule has 0 bridgehead atoms. The summed E-state index contributed by atoms with van der Waals surface area (Å²) in [5.41, 5.74) is 2.86. The van der Waals surface area contributed by atoms with Crippen LogP contribution in [0.15, 0.2) is 24.3 Å². The van der Waals surface area contributed by atoms with E-state index in [1.807, 2.05) is 13.0 Å². The SMILES string of the molecule is Cc1cc(N(C)C2CCOCC2)c2cc(F)ccc2n1. The summed E-state index contributed by atoms with van der Waals surface area (Å²) in [4.78, 5) is 6.74. The van der Waals surface area contributed by atoms with Gasteiger partial charge in [0.1, 0.15) is 5.82 Å². The Morgan fingerprint density at radius 3 is 2.75 bits per heavy atom. The topological polar surface area (TPSA) is 25.4 Å². The van der Waals surface area contributed by atoms with Crippen LogP contribution in [0.4, 0.5) is 10.1 Å². The van der Waals surface area contributed by atoms with Crippen LogP contribution in [0.25, 0.3) is 10.9 Å². The average Bonchev–Trinajstić information content (AvgIpc) is 2.47. The summed E-state index contributed by atoms with van der Waals surface area (Å²) in [6.07, 6.45) is 2.02. The summed E-state index contributed by atoms with van der Waals surface area (Å²) in [5.74, 6) is -0.218. The number of halogens is 1. The van der Waals surface area contributed by atoms with Crippen molar-refractivity contribution < 1.29 is 9.13 Å². The van der Waals surface area contributed by atoms with Crippen LogP contribution in [0.1, 0.15) is 18.5 Å². The number of rotatable bonds is 2. The smallest absolute Gasteiger partial charge is 0.124 e. The van der Waals surface area contributed by atoms with E-state index in [0.29, 0.717) is 6.04 Å². The number of benzene rings is 1. The summed E-state index contributed by atoms with van der Waals surface area (Å²) < 4.78 is 19.0. The van der Waals surface area contributed by atoms with Gasteiger partial charge in [-0.05, 0) is 44.0 Å². The summed E-state index contributed by atoms with van der Waals surface area (Å²) in [5, 5.41) is 0.879. The second kappa shape index (κ2) is 5.37. The molecule has 1 fully saturated rings. The van der Waals surface area contributed by atoms with E-state index >= 15 is 0 Å². The lowest BCUT2D eigenvalue weighted by Crippen LogP contribution is -2.36. The first-order valence-corrected chi connectivity index (χ1v) is 7.02. The van der Waals surface area contributed by atoms with Crippen LogP contribution in [-0.4, -0.2) is 31.3 Å². The Morgan fingerprint density at radius 1 is 1.25 bits per heavy atom. The second-order valence-corrected chi connectivity index (χ2v) is 5.40. The molecule has 1 aromatic heterocycles. The second-order valence-electron chi connectivity index (χ2n) is 5.40. The fraction of sp³-hybridized carbons (Fsp3) is 0.438. The molecule has 4 heteroatoms. The molecule has 1 aromatic carbocycles. The van der Waals surface area contributed by atoms with Crippen molar-refractivity contribution in [1.29, 1.82) is 0 Å². The molecule has 0 amide bonds. The van der Waals surface area contributed by atoms with Gasteiger partial charge in [0.25, 0.3) is 0 Å². The van der Waals surface area contributed by atoms with Crippen LogP contribution in [0.3, 0.4) is 0 Å². The Hall–Kier alpha value is -1.68. The highest BCUT2D eigenvalue weighted by Gasteiger charge is 2.20. The molecule has 0 unspecified atom stereocenters. The molecule has 0 saturated carbocycles. The van der Waals surface area contributed by atoms with Gasteiger partial charge in [-0.15, -0.1) is 0 Å². The van der Waals surface area contributed by atoms with Crippen molar-refractivity contribution >= 4 is 16.6 Å². The predicted molar refractivity (Wildman–Crippen MR) is 78.7 cm³/mol. The minimum atomic E-state index is -0.218. The van der Waals surface area contributed by atoms with Crippen molar-refractivity contribution in [3.63, 3.8) is 0 Å². The van der Waals surface area contributed by atoms with Crippen LogP contribution < -0.4 is 4.90 Å². The first kappa shape index (κ1) is 13.3. The first-order chi connectivity index (χ1) is 9.65. The van der Waals surface area contributed by atoms with Crippen molar-refractivity contribution in [1.82, 2.24) is 4.98 Å². The van der Waals surface area contributed by atoms with E-state index in [0.717, 1.165) is 48.3 Å². The molecule has 2 aromatic rings. The maximum Gasteiger partial charge on any atom is 0.124 e. The normalized spacial score (nSPS) is 16.6. The number of aromatic nitrogens is 1. The molecule has 1 aliphatic heterocycles. The third-order valence-electron chi connectivity index (χ3n) is 4.00. The molecule has 0 spiro atoms. The van der Waals surface area contributed by atoms with Crippen LogP contribution in [-0.2, 0) is 4.74 Å². The van der Waals surface area contributed by atoms with E-state index in [4.69, 9.17) is 4.74 Å². The Balaban J connectivity index is 2.06. The molecule has 3 rings (SSSR count). The van der Waals surface area contributed by atoms with Crippen molar-refractivity contribution in [2.75, 3.05) is 25.2 Å². The van der Waals surface area contributed by atoms with Crippen LogP contribution in [0, 0.1) is 12.7 Å². The first-order valence-electron chi connectivity index (χ1n) is 7.02. The molecular weight excluding hydrogens is 255 g/mol. The average molecular weight is 274 g/mol. The highest BCUT2D eigenvalue weighted by Crippen LogP contribution is 2.30. The van der Waals surface area contributed by atoms with Gasteiger partial charge in [0, 0.05) is 43.1 Å². The molecule has 1 saturated heterocycles. The summed E-state index contributed by atoms with van der Waals surface area (Å²) in [6, 6.07) is 7.27. The van der Waals surface area contributed by atoms with Crippen molar-refractivity contribution in [2.45, 2.75) is 25.8 Å². The Labute approximate surface area is 118 Å². The zero-order valence-corrected chi connectivity index (χ0v) is 11.9. The van der Waals surface area contributed by atoms with Gasteiger partial charge in [-0.25, -0.2) is 4.39 Å². The number of hydrogen-bond donors (Lipinski definition) is 0. The summed E-state index contributed by atoms with van der Waals surface area (Å²) >= 11 is 0. The third kappa shape index (κ3) is 2.48. The van der Waals surface area contributed by atoms with Gasteiger partial charge in [0.15, 0.2) is 0 Å². The van der Waals surface area contributed by atoms with E-state index in [1.54, 1.807) is 12.1 Å². The van der Waals surface area contributed by atoms with Gasteiger partial charge in [0.2, 0.25) is 0 Å². The largest absolute Gasteiger partial charge is 0.381 e. The van der Waals surface area contributed by atoms with Crippen molar-refractivity contribution in [3.05, 3.63) is 35.8 Å². The zero-order chi connectivity index (χ0) is 14.1. The van der Waals surface area contributed by atoms with Crippen molar-refractivity contribution in [2.24, 2.45) is 0 Å². The quantitative estimate of drug-likeness (QED) is 0.840. The van der Waals surface area contributed by atoms with E-state index in [1.165, 1.54) is 6.07 Å². The Bertz CT molecular complexity index is 623. The monoisotopic (exact) mass is 274 g/mol. The lowest BCUT2D eigenvalue weighted by Gasteiger charge is -2.33. The molecule has 0 N–H and O–H groups in total. The molecule has 2 heterocycles. The fourth-order valence-corrected chi connectivity index (χ4v) is 2.87. The number of hydrogen-bond acceptors (Lipinski definition) is 3. The van der Waals surface area contributed by atoms with Crippen LogP contribution in [0.2, 0.25) is 0 Å². The molecule has 20 heavy (non-hydrogen) atoms. The van der Waals surface area contributed by atoms with Gasteiger partial charge < -0.3 is 9.64 Å². The van der Waals surface area contributed by atoms with E-state index in [2.05, 4.69) is 16.9 Å². The molecule has 3 nitrogen and oxygen atoms in total. The Kier molecular flexibility index (Phi) is 3.57. The molecule has 106 valence electrons. The Morgan fingerprint density at radius 2 is 2.00 bits per heavy atom. The molecular formula is C16H19FN2O. The van der Waals surface area contributed by atoms with Gasteiger partial charge >= 0.3 is 0 Å². The van der Waals surface area contributed by atoms with Gasteiger partial charge in [-0.2, -0.15) is 0 Å². The van der Waals surface area contributed by atoms with Gasteiger partial charge in [0.05, 0.1) is 5.52 Å². The fourth-order valence-electron chi connectivity index (χ4n) is 2.87. The third-order valence-corrected chi connectivity index (χ3v) is 4.00. The van der Waals surface area contributed by atoms with Gasteiger partial charge in [-0.1, -0.05) is 0 Å².